The van der Waals surface area contributed by atoms with E-state index in [1.807, 2.05) is 42.1 Å². The summed E-state index contributed by atoms with van der Waals surface area (Å²) in [6.45, 7) is 0. The summed E-state index contributed by atoms with van der Waals surface area (Å²) in [6, 6.07) is 24.7. The number of amides is 1. The first kappa shape index (κ1) is 18.7. The lowest BCUT2D eigenvalue weighted by Crippen LogP contribution is -2.17. The lowest BCUT2D eigenvalue weighted by atomic mass is 10.1. The van der Waals surface area contributed by atoms with Crippen LogP contribution in [-0.2, 0) is 11.5 Å². The normalized spacial score (nSPS) is 10.8. The number of carbonyl (C=O) groups excluding carboxylic acids is 1. The quantitative estimate of drug-likeness (QED) is 0.468. The maximum Gasteiger partial charge on any atom is 0.271 e. The van der Waals surface area contributed by atoms with E-state index < -0.39 is 0 Å². The van der Waals surface area contributed by atoms with Gasteiger partial charge in [0.2, 0.25) is 0 Å². The van der Waals surface area contributed by atoms with E-state index in [0.717, 1.165) is 11.5 Å². The number of hydrazone groups is 1. The molecule has 3 aromatic rings. The van der Waals surface area contributed by atoms with E-state index in [1.165, 1.54) is 17.3 Å². The molecule has 2 N–H and O–H groups in total. The van der Waals surface area contributed by atoms with Crippen molar-refractivity contribution in [3.8, 4) is 5.75 Å². The van der Waals surface area contributed by atoms with Crippen molar-refractivity contribution in [2.24, 2.45) is 5.10 Å². The third kappa shape index (κ3) is 5.72. The number of phenolic OH excluding ortho intramolecular Hbond substituents is 1. The number of thioether (sulfide) groups is 1. The lowest BCUT2D eigenvalue weighted by molar-refractivity contribution is 0.0955. The number of phenols is 1. The number of aromatic hydroxyl groups is 1. The first-order valence-electron chi connectivity index (χ1n) is 8.54. The Morgan fingerprint density at radius 3 is 2.22 bits per heavy atom. The molecule has 136 valence electrons. The van der Waals surface area contributed by atoms with Gasteiger partial charge in [0, 0.05) is 22.6 Å². The molecule has 0 heterocycles. The van der Waals surface area contributed by atoms with Crippen LogP contribution in [0.2, 0.25) is 0 Å². The summed E-state index contributed by atoms with van der Waals surface area (Å²) >= 11 is 1.84. The van der Waals surface area contributed by atoms with E-state index in [4.69, 9.17) is 0 Å². The van der Waals surface area contributed by atoms with Gasteiger partial charge in [0.05, 0.1) is 6.21 Å². The van der Waals surface area contributed by atoms with Crippen molar-refractivity contribution in [1.82, 2.24) is 5.43 Å². The molecular formula is C22H20N2O2S. The van der Waals surface area contributed by atoms with Gasteiger partial charge in [-0.2, -0.15) is 16.9 Å². The smallest absolute Gasteiger partial charge is 0.271 e. The summed E-state index contributed by atoms with van der Waals surface area (Å²) in [4.78, 5) is 12.1. The highest BCUT2D eigenvalue weighted by atomic mass is 32.2. The third-order valence-corrected chi connectivity index (χ3v) is 4.98. The van der Waals surface area contributed by atoms with Gasteiger partial charge in [0.1, 0.15) is 5.75 Å². The Morgan fingerprint density at radius 1 is 0.889 bits per heavy atom. The zero-order valence-electron chi connectivity index (χ0n) is 14.7. The molecule has 0 aliphatic carbocycles. The van der Waals surface area contributed by atoms with Crippen LogP contribution in [0.5, 0.6) is 5.75 Å². The second-order valence-corrected chi connectivity index (χ2v) is 6.92. The van der Waals surface area contributed by atoms with Crippen LogP contribution in [0.3, 0.4) is 0 Å². The molecular weight excluding hydrogens is 356 g/mol. The molecule has 0 aromatic heterocycles. The van der Waals surface area contributed by atoms with Crippen LogP contribution in [0, 0.1) is 0 Å². The van der Waals surface area contributed by atoms with Crippen molar-refractivity contribution in [2.75, 3.05) is 0 Å². The van der Waals surface area contributed by atoms with Crippen molar-refractivity contribution in [2.45, 2.75) is 11.5 Å². The van der Waals surface area contributed by atoms with E-state index in [2.05, 4.69) is 22.7 Å². The van der Waals surface area contributed by atoms with Gasteiger partial charge < -0.3 is 5.11 Å². The zero-order valence-corrected chi connectivity index (χ0v) is 15.5. The number of carbonyl (C=O) groups is 1. The van der Waals surface area contributed by atoms with Gasteiger partial charge >= 0.3 is 0 Å². The minimum absolute atomic E-state index is 0.118. The maximum absolute atomic E-state index is 12.1. The molecule has 0 fully saturated rings. The topological polar surface area (TPSA) is 61.7 Å². The average molecular weight is 376 g/mol. The minimum atomic E-state index is -0.287. The average Bonchev–Trinajstić information content (AvgIpc) is 2.71. The number of nitrogens with zero attached hydrogens (tertiary/aromatic N) is 1. The standard InChI is InChI=1S/C22H20N2O2S/c25-21-9-5-4-8-20(21)14-23-24-22(26)19-12-10-18(11-13-19)16-27-15-17-6-2-1-3-7-17/h1-14,25H,15-16H2,(H,24,26)/b23-14-. The second-order valence-electron chi connectivity index (χ2n) is 5.93. The highest BCUT2D eigenvalue weighted by Gasteiger charge is 2.04. The van der Waals surface area contributed by atoms with Gasteiger partial charge in [-0.05, 0) is 35.4 Å². The predicted molar refractivity (Wildman–Crippen MR) is 111 cm³/mol. The molecule has 0 spiro atoms. The van der Waals surface area contributed by atoms with E-state index in [0.29, 0.717) is 11.1 Å². The Bertz CT molecular complexity index is 909. The van der Waals surface area contributed by atoms with E-state index >= 15 is 0 Å². The molecule has 0 atom stereocenters. The fourth-order valence-electron chi connectivity index (χ4n) is 2.44. The van der Waals surface area contributed by atoms with Crippen LogP contribution >= 0.6 is 11.8 Å². The summed E-state index contributed by atoms with van der Waals surface area (Å²) in [7, 11) is 0. The van der Waals surface area contributed by atoms with Crippen LogP contribution in [0.1, 0.15) is 27.0 Å². The summed E-state index contributed by atoms with van der Waals surface area (Å²) in [5, 5.41) is 13.6. The monoisotopic (exact) mass is 376 g/mol. The minimum Gasteiger partial charge on any atom is -0.507 e. The fourth-order valence-corrected chi connectivity index (χ4v) is 3.39. The predicted octanol–water partition coefficient (Wildman–Crippen LogP) is 4.59. The summed E-state index contributed by atoms with van der Waals surface area (Å²) in [5.41, 5.74) is 6.04. The first-order valence-corrected chi connectivity index (χ1v) is 9.70. The fraction of sp³-hybridized carbons (Fsp3) is 0.0909. The van der Waals surface area contributed by atoms with Gasteiger partial charge in [0.25, 0.3) is 5.91 Å². The molecule has 0 aliphatic heterocycles. The summed E-state index contributed by atoms with van der Waals surface area (Å²) in [6.07, 6.45) is 1.42. The second kappa shape index (κ2) is 9.59. The van der Waals surface area contributed by atoms with Crippen LogP contribution in [0.15, 0.2) is 84.0 Å². The largest absolute Gasteiger partial charge is 0.507 e. The zero-order chi connectivity index (χ0) is 18.9. The van der Waals surface area contributed by atoms with Gasteiger partial charge in [-0.3, -0.25) is 4.79 Å². The Kier molecular flexibility index (Phi) is 6.66. The molecule has 4 nitrogen and oxygen atoms in total. The number of hydrogen-bond donors (Lipinski definition) is 2. The molecule has 0 aliphatic rings. The van der Waals surface area contributed by atoms with Gasteiger partial charge in [-0.25, -0.2) is 5.43 Å². The number of hydrogen-bond acceptors (Lipinski definition) is 4. The molecule has 0 unspecified atom stereocenters. The van der Waals surface area contributed by atoms with Gasteiger partial charge in [-0.1, -0.05) is 54.6 Å². The SMILES string of the molecule is O=C(N/N=C\c1ccccc1O)c1ccc(CSCc2ccccc2)cc1. The molecule has 27 heavy (non-hydrogen) atoms. The van der Waals surface area contributed by atoms with Crippen molar-refractivity contribution in [3.05, 3.63) is 101 Å². The van der Waals surface area contributed by atoms with Crippen LogP contribution in [0.25, 0.3) is 0 Å². The highest BCUT2D eigenvalue weighted by molar-refractivity contribution is 7.97. The Balaban J connectivity index is 1.49. The molecule has 0 saturated carbocycles. The first-order chi connectivity index (χ1) is 13.2. The molecule has 0 saturated heterocycles. The van der Waals surface area contributed by atoms with E-state index in [-0.39, 0.29) is 11.7 Å². The molecule has 3 rings (SSSR count). The van der Waals surface area contributed by atoms with Crippen molar-refractivity contribution < 1.29 is 9.90 Å². The number of nitrogens with one attached hydrogen (secondary N) is 1. The number of rotatable bonds is 7. The molecule has 3 aromatic carbocycles. The van der Waals surface area contributed by atoms with E-state index in [9.17, 15) is 9.90 Å². The number of para-hydroxylation sites is 1. The molecule has 0 bridgehead atoms. The summed E-state index contributed by atoms with van der Waals surface area (Å²) < 4.78 is 0. The molecule has 1 amide bonds. The van der Waals surface area contributed by atoms with Crippen LogP contribution < -0.4 is 5.43 Å². The highest BCUT2D eigenvalue weighted by Crippen LogP contribution is 2.18. The maximum atomic E-state index is 12.1. The third-order valence-electron chi connectivity index (χ3n) is 3.90. The van der Waals surface area contributed by atoms with Gasteiger partial charge in [0.15, 0.2) is 0 Å². The Hall–Kier alpha value is -3.05. The molecule has 5 heteroatoms. The van der Waals surface area contributed by atoms with Crippen molar-refractivity contribution in [1.29, 1.82) is 0 Å². The summed E-state index contributed by atoms with van der Waals surface area (Å²) in [5.74, 6) is 1.69. The number of benzene rings is 3. The van der Waals surface area contributed by atoms with Crippen molar-refractivity contribution >= 4 is 23.9 Å². The Morgan fingerprint density at radius 2 is 1.52 bits per heavy atom. The van der Waals surface area contributed by atoms with Crippen LogP contribution in [0.4, 0.5) is 0 Å². The molecule has 0 radical (unpaired) electrons. The van der Waals surface area contributed by atoms with E-state index in [1.54, 1.807) is 36.4 Å². The Labute approximate surface area is 162 Å². The van der Waals surface area contributed by atoms with Crippen LogP contribution in [-0.4, -0.2) is 17.2 Å². The van der Waals surface area contributed by atoms with Crippen molar-refractivity contribution in [3.63, 3.8) is 0 Å². The lowest BCUT2D eigenvalue weighted by Gasteiger charge is -2.04. The van der Waals surface area contributed by atoms with Gasteiger partial charge in [-0.15, -0.1) is 0 Å².